The van der Waals surface area contributed by atoms with Crippen molar-refractivity contribution in [2.75, 3.05) is 0 Å². The highest BCUT2D eigenvalue weighted by atomic mass is 35.5. The average molecular weight is 273 g/mol. The van der Waals surface area contributed by atoms with Gasteiger partial charge in [0.25, 0.3) is 0 Å². The highest BCUT2D eigenvalue weighted by Gasteiger charge is 2.13. The molecule has 0 aliphatic heterocycles. The number of nitrogens with zero attached hydrogens (tertiary/aromatic N) is 4. The number of hydrogen-bond donors (Lipinski definition) is 0. The van der Waals surface area contributed by atoms with Crippen LogP contribution in [0, 0.1) is 0 Å². The monoisotopic (exact) mass is 272 g/mol. The molecule has 0 saturated heterocycles. The summed E-state index contributed by atoms with van der Waals surface area (Å²) in [6.07, 6.45) is 4.51. The molecule has 0 unspecified atom stereocenters. The molecule has 0 radical (unpaired) electrons. The third-order valence-corrected chi connectivity index (χ3v) is 3.37. The van der Waals surface area contributed by atoms with Crippen molar-refractivity contribution in [1.82, 2.24) is 19.3 Å². The quantitative estimate of drug-likeness (QED) is 0.803. The van der Waals surface area contributed by atoms with Crippen molar-refractivity contribution in [3.8, 4) is 0 Å². The summed E-state index contributed by atoms with van der Waals surface area (Å²) in [5, 5.41) is 5.12. The Morgan fingerprint density at radius 2 is 2.18 bits per heavy atom. The summed E-state index contributed by atoms with van der Waals surface area (Å²) in [5.41, 5.74) is 2.78. The van der Waals surface area contributed by atoms with Gasteiger partial charge in [0.2, 0.25) is 0 Å². The fraction of sp³-hybridized carbons (Fsp3) is 0.455. The van der Waals surface area contributed by atoms with Gasteiger partial charge < -0.3 is 4.57 Å². The van der Waals surface area contributed by atoms with E-state index in [1.54, 1.807) is 6.33 Å². The van der Waals surface area contributed by atoms with E-state index in [-0.39, 0.29) is 0 Å². The predicted octanol–water partition coefficient (Wildman–Crippen LogP) is 2.62. The average Bonchev–Trinajstić information content (AvgIpc) is 2.88. The van der Waals surface area contributed by atoms with Gasteiger partial charge in [0.1, 0.15) is 0 Å². The fourth-order valence-electron chi connectivity index (χ4n) is 1.73. The highest BCUT2D eigenvalue weighted by molar-refractivity contribution is 6.31. The number of aryl methyl sites for hydroxylation is 2. The van der Waals surface area contributed by atoms with Gasteiger partial charge in [-0.05, 0) is 6.42 Å². The number of aromatic nitrogens is 4. The predicted molar refractivity (Wildman–Crippen MR) is 68.5 cm³/mol. The zero-order valence-electron chi connectivity index (χ0n) is 9.82. The molecule has 0 N–H and O–H groups in total. The van der Waals surface area contributed by atoms with Gasteiger partial charge in [0, 0.05) is 13.2 Å². The van der Waals surface area contributed by atoms with E-state index in [1.807, 2.05) is 29.4 Å². The molecule has 0 aromatic carbocycles. The summed E-state index contributed by atoms with van der Waals surface area (Å²) in [5.74, 6) is 0.423. The van der Waals surface area contributed by atoms with E-state index in [9.17, 15) is 0 Å². The van der Waals surface area contributed by atoms with Crippen molar-refractivity contribution in [3.05, 3.63) is 34.6 Å². The molecule has 0 atom stereocenters. The lowest BCUT2D eigenvalue weighted by Crippen LogP contribution is -2.04. The van der Waals surface area contributed by atoms with Crippen LogP contribution in [-0.2, 0) is 25.9 Å². The van der Waals surface area contributed by atoms with Crippen LogP contribution in [0.15, 0.2) is 12.5 Å². The fourth-order valence-corrected chi connectivity index (χ4v) is 2.22. The summed E-state index contributed by atoms with van der Waals surface area (Å²) in [4.78, 5) is 4.18. The van der Waals surface area contributed by atoms with Crippen LogP contribution in [0.2, 0.25) is 5.02 Å². The zero-order chi connectivity index (χ0) is 12.4. The number of hydrogen-bond acceptors (Lipinski definition) is 2. The summed E-state index contributed by atoms with van der Waals surface area (Å²) < 4.78 is 3.78. The first-order valence-electron chi connectivity index (χ1n) is 5.42. The molecule has 0 aliphatic rings. The second-order valence-electron chi connectivity index (χ2n) is 3.86. The molecule has 2 heterocycles. The van der Waals surface area contributed by atoms with Crippen LogP contribution in [0.1, 0.15) is 24.0 Å². The summed E-state index contributed by atoms with van der Waals surface area (Å²) in [7, 11) is 1.90. The maximum absolute atomic E-state index is 6.28. The van der Waals surface area contributed by atoms with E-state index >= 15 is 0 Å². The highest BCUT2D eigenvalue weighted by Crippen LogP contribution is 2.21. The van der Waals surface area contributed by atoms with E-state index in [2.05, 4.69) is 10.1 Å². The third-order valence-electron chi connectivity index (χ3n) is 2.66. The Morgan fingerprint density at radius 3 is 2.71 bits per heavy atom. The van der Waals surface area contributed by atoms with Crippen molar-refractivity contribution in [2.45, 2.75) is 25.8 Å². The lowest BCUT2D eigenvalue weighted by Gasteiger charge is -2.03. The Labute approximate surface area is 110 Å². The van der Waals surface area contributed by atoms with Gasteiger partial charge in [0.15, 0.2) is 0 Å². The van der Waals surface area contributed by atoms with Crippen LogP contribution >= 0.6 is 23.2 Å². The van der Waals surface area contributed by atoms with Crippen molar-refractivity contribution < 1.29 is 0 Å². The van der Waals surface area contributed by atoms with E-state index < -0.39 is 0 Å². The van der Waals surface area contributed by atoms with Crippen LogP contribution in [0.3, 0.4) is 0 Å². The van der Waals surface area contributed by atoms with Gasteiger partial charge in [-0.25, -0.2) is 4.98 Å². The van der Waals surface area contributed by atoms with Gasteiger partial charge in [-0.1, -0.05) is 18.5 Å². The van der Waals surface area contributed by atoms with Crippen LogP contribution in [-0.4, -0.2) is 19.3 Å². The van der Waals surface area contributed by atoms with Gasteiger partial charge in [0.05, 0.1) is 40.9 Å². The number of rotatable bonds is 4. The Morgan fingerprint density at radius 1 is 1.41 bits per heavy atom. The Hall–Kier alpha value is -1.00. The van der Waals surface area contributed by atoms with Gasteiger partial charge in [-0.15, -0.1) is 11.6 Å². The molecule has 2 rings (SSSR count). The number of alkyl halides is 1. The summed E-state index contributed by atoms with van der Waals surface area (Å²) in [6, 6.07) is 0. The molecule has 0 bridgehead atoms. The summed E-state index contributed by atoms with van der Waals surface area (Å²) in [6.45, 7) is 2.70. The maximum atomic E-state index is 6.28. The van der Waals surface area contributed by atoms with Crippen LogP contribution < -0.4 is 0 Å². The van der Waals surface area contributed by atoms with Crippen LogP contribution in [0.25, 0.3) is 0 Å². The normalized spacial score (nSPS) is 11.1. The minimum Gasteiger partial charge on any atom is -0.331 e. The van der Waals surface area contributed by atoms with Gasteiger partial charge in [-0.3, -0.25) is 4.68 Å². The molecule has 0 amide bonds. The molecular formula is C11H14Cl2N4. The Balaban J connectivity index is 2.26. The first-order valence-corrected chi connectivity index (χ1v) is 6.33. The van der Waals surface area contributed by atoms with Crippen molar-refractivity contribution in [2.24, 2.45) is 7.05 Å². The smallest absolute Gasteiger partial charge is 0.0953 e. The Kier molecular flexibility index (Phi) is 3.74. The zero-order valence-corrected chi connectivity index (χ0v) is 11.3. The minimum absolute atomic E-state index is 0.423. The minimum atomic E-state index is 0.423. The second-order valence-corrected chi connectivity index (χ2v) is 4.50. The van der Waals surface area contributed by atoms with Crippen molar-refractivity contribution in [3.63, 3.8) is 0 Å². The molecule has 17 heavy (non-hydrogen) atoms. The standard InChI is InChI=1S/C11H14Cl2N4/c1-3-9-11(13)10(16(2)15-9)6-17-5-8(4-12)14-7-17/h5,7H,3-4,6H2,1-2H3. The SMILES string of the molecule is CCc1nn(C)c(Cn2cnc(CCl)c2)c1Cl. The molecule has 0 saturated carbocycles. The third kappa shape index (κ3) is 2.48. The van der Waals surface area contributed by atoms with Crippen LogP contribution in [0.5, 0.6) is 0 Å². The topological polar surface area (TPSA) is 35.6 Å². The molecule has 6 heteroatoms. The molecule has 4 nitrogen and oxygen atoms in total. The molecule has 0 spiro atoms. The van der Waals surface area contributed by atoms with E-state index in [1.165, 1.54) is 0 Å². The summed E-state index contributed by atoms with van der Waals surface area (Å²) >= 11 is 12.0. The van der Waals surface area contributed by atoms with E-state index in [0.717, 1.165) is 28.5 Å². The molecule has 2 aromatic rings. The molecule has 0 fully saturated rings. The molecule has 0 aliphatic carbocycles. The van der Waals surface area contributed by atoms with E-state index in [4.69, 9.17) is 23.2 Å². The second kappa shape index (κ2) is 5.10. The lowest BCUT2D eigenvalue weighted by atomic mass is 10.3. The largest absolute Gasteiger partial charge is 0.331 e. The van der Waals surface area contributed by atoms with Gasteiger partial charge in [-0.2, -0.15) is 5.10 Å². The lowest BCUT2D eigenvalue weighted by molar-refractivity contribution is 0.660. The molecule has 92 valence electrons. The number of imidazole rings is 1. The first-order chi connectivity index (χ1) is 8.15. The van der Waals surface area contributed by atoms with Crippen LogP contribution in [0.4, 0.5) is 0 Å². The molecular weight excluding hydrogens is 259 g/mol. The maximum Gasteiger partial charge on any atom is 0.0953 e. The van der Waals surface area contributed by atoms with Gasteiger partial charge >= 0.3 is 0 Å². The van der Waals surface area contributed by atoms with E-state index in [0.29, 0.717) is 12.4 Å². The van der Waals surface area contributed by atoms with Crippen molar-refractivity contribution in [1.29, 1.82) is 0 Å². The number of halogens is 2. The first kappa shape index (κ1) is 12.5. The Bertz CT molecular complexity index is 516. The van der Waals surface area contributed by atoms with Crippen molar-refractivity contribution >= 4 is 23.2 Å². The molecule has 2 aromatic heterocycles.